The minimum absolute atomic E-state index is 0. The van der Waals surface area contributed by atoms with Crippen molar-refractivity contribution in [1.82, 2.24) is 0 Å². The Balaban J connectivity index is 0. The minimum atomic E-state index is -0.940. The Hall–Kier alpha value is -1.23. The van der Waals surface area contributed by atoms with Gasteiger partial charge in [-0.1, -0.05) is 74.1 Å². The molecule has 0 aliphatic heterocycles. The fourth-order valence-corrected chi connectivity index (χ4v) is 2.08. The summed E-state index contributed by atoms with van der Waals surface area (Å²) in [6, 6.07) is 0. The summed E-state index contributed by atoms with van der Waals surface area (Å²) < 4.78 is 0. The van der Waals surface area contributed by atoms with Crippen molar-refractivity contribution >= 4 is 5.97 Å². The number of aliphatic carboxylic acids is 1. The number of carbonyl (C=O) groups excluding carboxylic acids is 1. The normalized spacial score (nSPS) is 12.2. The maximum absolute atomic E-state index is 10.2. The second kappa shape index (κ2) is 22.8. The average molecular weight is 336 g/mol. The maximum Gasteiger partial charge on any atom is 1.00 e. The summed E-state index contributed by atoms with van der Waals surface area (Å²) in [7, 11) is 0. The Morgan fingerprint density at radius 2 is 1.12 bits per heavy atom. The van der Waals surface area contributed by atoms with Gasteiger partial charge in [0.25, 0.3) is 0 Å². The van der Waals surface area contributed by atoms with Crippen LogP contribution in [-0.2, 0) is 4.79 Å². The molecule has 134 valence electrons. The fourth-order valence-electron chi connectivity index (χ4n) is 2.08. The Labute approximate surface area is 166 Å². The predicted octanol–water partition coefficient (Wildman–Crippen LogP) is 2.44. The summed E-state index contributed by atoms with van der Waals surface area (Å²) in [6.07, 6.45) is 31.0. The van der Waals surface area contributed by atoms with Crippen molar-refractivity contribution in [3.05, 3.63) is 60.8 Å². The van der Waals surface area contributed by atoms with Crippen molar-refractivity contribution in [2.24, 2.45) is 0 Å². The average Bonchev–Trinajstić information content (AvgIpc) is 2.56. The summed E-state index contributed by atoms with van der Waals surface area (Å²) in [5.41, 5.74) is 0. The first-order valence-corrected chi connectivity index (χ1v) is 9.22. The second-order valence-corrected chi connectivity index (χ2v) is 5.68. The molecule has 0 heterocycles. The molecule has 0 aliphatic rings. The molecule has 2 nitrogen and oxygen atoms in total. The summed E-state index contributed by atoms with van der Waals surface area (Å²) in [5, 5.41) is 10.2. The number of carboxylic acids is 1. The Bertz CT molecular complexity index is 431. The van der Waals surface area contributed by atoms with E-state index in [9.17, 15) is 9.90 Å². The quantitative estimate of drug-likeness (QED) is 0.262. The van der Waals surface area contributed by atoms with Gasteiger partial charge in [0.1, 0.15) is 0 Å². The molecule has 0 radical (unpaired) electrons. The van der Waals surface area contributed by atoms with E-state index in [1.165, 1.54) is 0 Å². The van der Waals surface area contributed by atoms with Crippen molar-refractivity contribution in [3.8, 4) is 0 Å². The topological polar surface area (TPSA) is 40.1 Å². The van der Waals surface area contributed by atoms with Gasteiger partial charge < -0.3 is 9.90 Å². The smallest absolute Gasteiger partial charge is 0.550 e. The summed E-state index contributed by atoms with van der Waals surface area (Å²) in [6.45, 7) is 2.15. The Kier molecular flexibility index (Phi) is 23.7. The van der Waals surface area contributed by atoms with Gasteiger partial charge in [-0.15, -0.1) is 0 Å². The van der Waals surface area contributed by atoms with E-state index >= 15 is 0 Å². The van der Waals surface area contributed by atoms with Crippen LogP contribution in [0.3, 0.4) is 0 Å². The van der Waals surface area contributed by atoms with Crippen molar-refractivity contribution < 1.29 is 28.8 Å². The third-order valence-electron chi connectivity index (χ3n) is 3.41. The zero-order chi connectivity index (χ0) is 17.7. The Morgan fingerprint density at radius 3 is 1.56 bits per heavy atom. The van der Waals surface area contributed by atoms with Crippen LogP contribution in [0.1, 0.15) is 71.1 Å². The summed E-state index contributed by atoms with van der Waals surface area (Å²) in [4.78, 5) is 10.2. The monoisotopic (exact) mass is 336 g/mol. The van der Waals surface area contributed by atoms with Crippen LogP contribution in [0.4, 0.5) is 0 Å². The molecule has 0 atom stereocenters. The van der Waals surface area contributed by atoms with Gasteiger partial charge in [-0.05, 0) is 57.8 Å². The molecule has 0 bridgehead atoms. The van der Waals surface area contributed by atoms with Gasteiger partial charge in [0.2, 0.25) is 0 Å². The van der Waals surface area contributed by atoms with Crippen molar-refractivity contribution in [3.63, 3.8) is 0 Å². The molecular formula is C22H33LiO2. The van der Waals surface area contributed by atoms with Crippen LogP contribution < -0.4 is 24.0 Å². The second-order valence-electron chi connectivity index (χ2n) is 5.68. The molecule has 0 rings (SSSR count). The van der Waals surface area contributed by atoms with E-state index < -0.39 is 5.97 Å². The van der Waals surface area contributed by atoms with Gasteiger partial charge in [0, 0.05) is 5.97 Å². The van der Waals surface area contributed by atoms with Crippen LogP contribution in [-0.4, -0.2) is 5.97 Å². The molecule has 0 aliphatic carbocycles. The Morgan fingerprint density at radius 1 is 0.680 bits per heavy atom. The predicted molar refractivity (Wildman–Crippen MR) is 103 cm³/mol. The van der Waals surface area contributed by atoms with E-state index in [-0.39, 0.29) is 25.3 Å². The van der Waals surface area contributed by atoms with Crippen molar-refractivity contribution in [1.29, 1.82) is 0 Å². The van der Waals surface area contributed by atoms with Crippen LogP contribution >= 0.6 is 0 Å². The SMILES string of the molecule is CC/C=C\C/C=C\C/C=C\C/C=C\C/C=C\CCCCCC(=O)[O-].[Li+]. The van der Waals surface area contributed by atoms with Crippen LogP contribution in [0.2, 0.25) is 0 Å². The number of carbonyl (C=O) groups is 1. The van der Waals surface area contributed by atoms with E-state index in [1.54, 1.807) is 0 Å². The molecule has 0 spiro atoms. The van der Waals surface area contributed by atoms with E-state index in [0.29, 0.717) is 0 Å². The fraction of sp³-hybridized carbons (Fsp3) is 0.500. The largest absolute Gasteiger partial charge is 1.00 e. The molecule has 25 heavy (non-hydrogen) atoms. The van der Waals surface area contributed by atoms with E-state index in [0.717, 1.165) is 57.8 Å². The van der Waals surface area contributed by atoms with Gasteiger partial charge in [-0.25, -0.2) is 0 Å². The number of carboxylic acid groups (broad SMARTS) is 1. The van der Waals surface area contributed by atoms with Crippen LogP contribution in [0.5, 0.6) is 0 Å². The molecule has 0 saturated heterocycles. The maximum atomic E-state index is 10.2. The van der Waals surface area contributed by atoms with Gasteiger partial charge in [0.15, 0.2) is 0 Å². The van der Waals surface area contributed by atoms with Crippen LogP contribution in [0.25, 0.3) is 0 Å². The first kappa shape index (κ1) is 26.0. The minimum Gasteiger partial charge on any atom is -0.550 e. The number of hydrogen-bond donors (Lipinski definition) is 0. The molecule has 0 saturated carbocycles. The first-order chi connectivity index (χ1) is 11.8. The van der Waals surface area contributed by atoms with Crippen molar-refractivity contribution in [2.45, 2.75) is 71.1 Å². The van der Waals surface area contributed by atoms with Gasteiger partial charge >= 0.3 is 18.9 Å². The molecule has 0 unspecified atom stereocenters. The van der Waals surface area contributed by atoms with Crippen LogP contribution in [0, 0.1) is 0 Å². The number of allylic oxidation sites excluding steroid dienone is 10. The molecule has 0 aromatic carbocycles. The van der Waals surface area contributed by atoms with Gasteiger partial charge in [-0.3, -0.25) is 0 Å². The van der Waals surface area contributed by atoms with E-state index in [2.05, 4.69) is 67.7 Å². The third-order valence-corrected chi connectivity index (χ3v) is 3.41. The molecule has 0 N–H and O–H groups in total. The zero-order valence-corrected chi connectivity index (χ0v) is 16.2. The molecule has 3 heteroatoms. The number of unbranched alkanes of at least 4 members (excludes halogenated alkanes) is 3. The molecule has 0 aromatic heterocycles. The van der Waals surface area contributed by atoms with E-state index in [1.807, 2.05) is 0 Å². The van der Waals surface area contributed by atoms with Gasteiger partial charge in [0.05, 0.1) is 0 Å². The molecule has 0 amide bonds. The third kappa shape index (κ3) is 25.1. The molecule has 0 aromatic rings. The molecular weight excluding hydrogens is 303 g/mol. The molecule has 0 fully saturated rings. The number of hydrogen-bond acceptors (Lipinski definition) is 2. The van der Waals surface area contributed by atoms with E-state index in [4.69, 9.17) is 0 Å². The summed E-state index contributed by atoms with van der Waals surface area (Å²) in [5.74, 6) is -0.940. The van der Waals surface area contributed by atoms with Crippen molar-refractivity contribution in [2.75, 3.05) is 0 Å². The number of rotatable bonds is 15. The zero-order valence-electron chi connectivity index (χ0n) is 16.2. The standard InChI is InChI=1S/C22H34O2.Li/c1-2-3-4-5-6-7-8-9-10-11-12-13-14-15-16-17-18-19-20-21-22(23)24;/h3-4,6-7,9-10,12-13,15-16H,2,5,8,11,14,17-21H2,1H3,(H,23,24);/q;+1/p-1/b4-3-,7-6-,10-9-,13-12-,16-15-;. The van der Waals surface area contributed by atoms with Crippen LogP contribution in [0.15, 0.2) is 60.8 Å². The summed E-state index contributed by atoms with van der Waals surface area (Å²) >= 11 is 0. The first-order valence-electron chi connectivity index (χ1n) is 9.22. The van der Waals surface area contributed by atoms with Gasteiger partial charge in [-0.2, -0.15) is 0 Å².